The summed E-state index contributed by atoms with van der Waals surface area (Å²) in [5.41, 5.74) is 4.34. The van der Waals surface area contributed by atoms with E-state index in [2.05, 4.69) is 5.32 Å². The number of hydrogen-bond acceptors (Lipinski definition) is 14. The van der Waals surface area contributed by atoms with Gasteiger partial charge in [-0.05, 0) is 82.9 Å². The number of ketones is 2. The van der Waals surface area contributed by atoms with E-state index >= 15 is 0 Å². The average molecular weight is 974 g/mol. The van der Waals surface area contributed by atoms with Crippen molar-refractivity contribution < 1.29 is 62.4 Å². The van der Waals surface area contributed by atoms with Crippen LogP contribution >= 0.6 is 23.4 Å². The lowest BCUT2D eigenvalue weighted by Gasteiger charge is -2.42. The normalized spacial score (nSPS) is 34.1. The molecule has 2 aliphatic carbocycles. The van der Waals surface area contributed by atoms with E-state index in [-0.39, 0.29) is 65.8 Å². The highest BCUT2D eigenvalue weighted by molar-refractivity contribution is 8.00. The number of rotatable bonds is 12. The predicted molar refractivity (Wildman–Crippen MR) is 249 cm³/mol. The van der Waals surface area contributed by atoms with Crippen LogP contribution in [0.1, 0.15) is 91.0 Å². The number of halogens is 1. The third kappa shape index (κ3) is 11.7. The molecule has 67 heavy (non-hydrogen) atoms. The highest BCUT2D eigenvalue weighted by Gasteiger charge is 2.64. The molecule has 0 spiro atoms. The van der Waals surface area contributed by atoms with E-state index in [4.69, 9.17) is 41.0 Å². The molecule has 2 unspecified atom stereocenters. The minimum atomic E-state index is -1.87. The van der Waals surface area contributed by atoms with E-state index in [1.165, 1.54) is 49.8 Å². The molecule has 19 heteroatoms. The Hall–Kier alpha value is -4.49. The van der Waals surface area contributed by atoms with Gasteiger partial charge in [0.05, 0.1) is 36.5 Å². The Labute approximate surface area is 401 Å². The average Bonchev–Trinajstić information content (AvgIpc) is 3.91. The molecule has 4 fully saturated rings. The van der Waals surface area contributed by atoms with Crippen molar-refractivity contribution in [3.05, 3.63) is 46.5 Å². The number of nitrogens with zero attached hydrogens (tertiary/aromatic N) is 2. The zero-order valence-corrected chi connectivity index (χ0v) is 41.1. The monoisotopic (exact) mass is 972 g/mol. The van der Waals surface area contributed by atoms with Crippen LogP contribution in [-0.2, 0) is 54.1 Å². The van der Waals surface area contributed by atoms with Crippen LogP contribution in [0.15, 0.2) is 35.9 Å². The number of allylic oxidation sites excluding steroid dienone is 3. The fraction of sp³-hybridized carbons (Fsp3) is 0.646. The molecular weight excluding hydrogens is 908 g/mol. The van der Waals surface area contributed by atoms with Crippen LogP contribution < -0.4 is 20.7 Å². The van der Waals surface area contributed by atoms with Crippen LogP contribution in [0.5, 0.6) is 5.75 Å². The number of aliphatic hydroxyl groups is 1. The van der Waals surface area contributed by atoms with Crippen LogP contribution in [0.3, 0.4) is 0 Å². The maximum absolute atomic E-state index is 14.3. The number of methoxy groups -OCH3 is 2. The number of benzene rings is 1. The molecule has 6 rings (SSSR count). The Bertz CT molecular complexity index is 2160. The highest BCUT2D eigenvalue weighted by Crippen LogP contribution is 2.49. The van der Waals surface area contributed by atoms with Crippen molar-refractivity contribution in [3.63, 3.8) is 0 Å². The van der Waals surface area contributed by atoms with Crippen LogP contribution in [0.4, 0.5) is 10.5 Å². The number of epoxide rings is 1. The van der Waals surface area contributed by atoms with Crippen molar-refractivity contribution in [1.82, 2.24) is 10.2 Å². The maximum atomic E-state index is 14.3. The summed E-state index contributed by atoms with van der Waals surface area (Å²) in [6.07, 6.45) is 3.83. The van der Waals surface area contributed by atoms with Gasteiger partial charge in [-0.2, -0.15) is 0 Å². The Kier molecular flexibility index (Phi) is 16.6. The summed E-state index contributed by atoms with van der Waals surface area (Å²) < 4.78 is 29.4. The molecule has 3 aliphatic heterocycles. The summed E-state index contributed by atoms with van der Waals surface area (Å²) in [6, 6.07) is 2.43. The number of nitrogens with two attached hydrogens (primary N) is 1. The van der Waals surface area contributed by atoms with Gasteiger partial charge in [0.2, 0.25) is 17.7 Å². The summed E-state index contributed by atoms with van der Waals surface area (Å²) >= 11 is 8.06. The number of fused-ring (bicyclic) bond motifs is 5. The lowest BCUT2D eigenvalue weighted by atomic mass is 9.77. The second-order valence-corrected chi connectivity index (χ2v) is 20.7. The van der Waals surface area contributed by atoms with Crippen LogP contribution in [0.2, 0.25) is 5.02 Å². The fourth-order valence-corrected chi connectivity index (χ4v) is 11.4. The van der Waals surface area contributed by atoms with Gasteiger partial charge in [0.25, 0.3) is 0 Å². The standard InChI is InChI=1S/C48H65ClN4O13S/c1-25-10-9-11-37(63-8)48(61)24-35(64-46(60)51-48)26(2)43-47(4,66-43)38(23-40(56)53(6)32-20-29(18-25)21-34(62-7)41(32)49)65-45(59)27(3)52(5)39(55)16-17-67-36-22-33(54)31(42(36)57)19-28-12-14-30(15-13-28)44(50)58/h9-11,20-21,26-28,30-31,35-38,43,61H,12-19,22-24H2,1-8H3,(H2,50,58)(H,51,60)/b11-9+,25-10+/t26-,27-,28?,30?,31?,35+,36?,37-,38+,43+,47+,48+/m1/s1. The van der Waals surface area contributed by atoms with Gasteiger partial charge in [0, 0.05) is 58.1 Å². The molecule has 2 saturated carbocycles. The van der Waals surface area contributed by atoms with Gasteiger partial charge in [0.1, 0.15) is 46.5 Å². The van der Waals surface area contributed by atoms with Crippen molar-refractivity contribution in [2.75, 3.05) is 39.0 Å². The van der Waals surface area contributed by atoms with Gasteiger partial charge >= 0.3 is 12.1 Å². The third-order valence-electron chi connectivity index (χ3n) is 14.4. The van der Waals surface area contributed by atoms with Crippen LogP contribution in [0, 0.1) is 23.7 Å². The SMILES string of the molecule is COc1cc2cc(c1Cl)N(C)C(=O)C[C@H](OC(=O)[C@@H](C)N(C)C(=O)CCSC1CC(=O)C(CC3CCC(C(N)=O)CC3)C1=O)[C@]1(C)O[C@H]1[C@H](C)[C@@H]1C[C@@](O)(NC(=O)O1)[C@H](OC)/C=C/C=C(\C)C2. The molecule has 1 aromatic carbocycles. The topological polar surface area (TPSA) is 234 Å². The summed E-state index contributed by atoms with van der Waals surface area (Å²) in [5.74, 6) is -2.90. The van der Waals surface area contributed by atoms with Gasteiger partial charge in [-0.25, -0.2) is 9.59 Å². The van der Waals surface area contributed by atoms with Gasteiger partial charge in [0.15, 0.2) is 11.5 Å². The molecule has 2 saturated heterocycles. The number of Topliss-reactive ketones (excluding diaryl/α,β-unsaturated/α-hetero) is 2. The number of primary amides is 1. The quantitative estimate of drug-likeness (QED) is 0.145. The first-order chi connectivity index (χ1) is 31.6. The number of anilines is 1. The zero-order chi connectivity index (χ0) is 49.1. The number of hydrogen-bond donors (Lipinski definition) is 3. The first-order valence-corrected chi connectivity index (χ1v) is 24.4. The van der Waals surface area contributed by atoms with E-state index in [1.54, 1.807) is 45.2 Å². The molecule has 0 radical (unpaired) electrons. The molecule has 368 valence electrons. The highest BCUT2D eigenvalue weighted by atomic mass is 35.5. The minimum Gasteiger partial charge on any atom is -0.495 e. The number of amides is 4. The third-order valence-corrected chi connectivity index (χ3v) is 16.0. The second kappa shape index (κ2) is 21.4. The Morgan fingerprint density at radius 1 is 1.12 bits per heavy atom. The summed E-state index contributed by atoms with van der Waals surface area (Å²) in [6.45, 7) is 6.88. The smallest absolute Gasteiger partial charge is 0.409 e. The van der Waals surface area contributed by atoms with Gasteiger partial charge in [-0.15, -0.1) is 11.8 Å². The number of thioether (sulfide) groups is 1. The van der Waals surface area contributed by atoms with Crippen LogP contribution in [0.25, 0.3) is 0 Å². The number of ether oxygens (including phenoxy) is 5. The lowest BCUT2D eigenvalue weighted by molar-refractivity contribution is -0.162. The molecular formula is C48H65ClN4O13S. The summed E-state index contributed by atoms with van der Waals surface area (Å²) in [4.78, 5) is 95.4. The molecule has 0 aromatic heterocycles. The fourth-order valence-electron chi connectivity index (χ4n) is 9.90. The number of likely N-dealkylation sites (N-methyl/N-ethyl adjacent to an activating group) is 1. The molecule has 3 heterocycles. The van der Waals surface area contributed by atoms with Gasteiger partial charge < -0.3 is 44.3 Å². The molecule has 4 bridgehead atoms. The van der Waals surface area contributed by atoms with Crippen molar-refractivity contribution in [3.8, 4) is 5.75 Å². The van der Waals surface area contributed by atoms with E-state index in [9.17, 15) is 38.7 Å². The van der Waals surface area contributed by atoms with Crippen molar-refractivity contribution in [2.45, 2.75) is 139 Å². The number of carbonyl (C=O) groups is 7. The second-order valence-electron chi connectivity index (χ2n) is 19.0. The number of esters is 1. The van der Waals surface area contributed by atoms with E-state index in [0.717, 1.165) is 24.0 Å². The van der Waals surface area contributed by atoms with E-state index < -0.39 is 82.7 Å². The van der Waals surface area contributed by atoms with Crippen molar-refractivity contribution in [1.29, 1.82) is 0 Å². The molecule has 4 N–H and O–H groups in total. The Balaban J connectivity index is 1.16. The number of nitrogens with one attached hydrogen (secondary N) is 1. The largest absolute Gasteiger partial charge is 0.495 e. The number of carbonyl (C=O) groups excluding carboxylic acids is 7. The van der Waals surface area contributed by atoms with E-state index in [1.807, 2.05) is 13.0 Å². The molecule has 17 nitrogen and oxygen atoms in total. The van der Waals surface area contributed by atoms with Crippen LogP contribution in [-0.4, -0.2) is 132 Å². The zero-order valence-electron chi connectivity index (χ0n) is 39.5. The molecule has 1 aromatic rings. The Morgan fingerprint density at radius 3 is 2.48 bits per heavy atom. The van der Waals surface area contributed by atoms with Crippen molar-refractivity contribution >= 4 is 70.4 Å². The van der Waals surface area contributed by atoms with Crippen molar-refractivity contribution in [2.24, 2.45) is 29.4 Å². The minimum absolute atomic E-state index is 0.0225. The lowest BCUT2D eigenvalue weighted by Crippen LogP contribution is -2.63. The summed E-state index contributed by atoms with van der Waals surface area (Å²) in [5, 5.41) is 14.0. The maximum Gasteiger partial charge on any atom is 0.409 e. The Morgan fingerprint density at radius 2 is 1.82 bits per heavy atom. The first-order valence-electron chi connectivity index (χ1n) is 22.9. The molecule has 4 amide bonds. The van der Waals surface area contributed by atoms with Gasteiger partial charge in [-0.3, -0.25) is 29.3 Å². The van der Waals surface area contributed by atoms with Gasteiger partial charge in [-0.1, -0.05) is 42.3 Å². The van der Waals surface area contributed by atoms with E-state index in [0.29, 0.717) is 37.1 Å². The predicted octanol–water partition coefficient (Wildman–Crippen LogP) is 4.85. The number of alkyl carbamates (subject to hydrolysis) is 1. The molecule has 5 aliphatic rings. The molecule has 10 atom stereocenters. The first kappa shape index (κ1) is 51.9. The summed E-state index contributed by atoms with van der Waals surface area (Å²) in [7, 11) is 5.90.